The van der Waals surface area contributed by atoms with Crippen LogP contribution >= 0.6 is 0 Å². The topological polar surface area (TPSA) is 79.5 Å². The first-order valence-corrected chi connectivity index (χ1v) is 9.33. The molecule has 7 nitrogen and oxygen atoms in total. The second-order valence-electron chi connectivity index (χ2n) is 6.72. The standard InChI is InChI=1S/C19H26N6O/c20-17-18(21-7-3-8-24-10-12-26-13-11-24)22-14-23-19(17)25-9-6-15-4-1-2-5-16(15)25/h1-2,4-5,14H,3,6-13,20H2,(H,21,22,23). The fourth-order valence-electron chi connectivity index (χ4n) is 3.63. The molecule has 0 unspecified atom stereocenters. The van der Waals surface area contributed by atoms with Crippen LogP contribution in [-0.4, -0.2) is 60.8 Å². The van der Waals surface area contributed by atoms with Crippen molar-refractivity contribution in [1.82, 2.24) is 14.9 Å². The molecule has 0 radical (unpaired) electrons. The van der Waals surface area contributed by atoms with Crippen LogP contribution in [0.5, 0.6) is 0 Å². The van der Waals surface area contributed by atoms with Crippen molar-refractivity contribution in [3.63, 3.8) is 0 Å². The maximum atomic E-state index is 6.39. The molecule has 1 fully saturated rings. The molecule has 1 saturated heterocycles. The lowest BCUT2D eigenvalue weighted by Gasteiger charge is -2.26. The van der Waals surface area contributed by atoms with Crippen LogP contribution in [0.1, 0.15) is 12.0 Å². The van der Waals surface area contributed by atoms with Gasteiger partial charge in [-0.25, -0.2) is 9.97 Å². The highest BCUT2D eigenvalue weighted by molar-refractivity contribution is 5.81. The van der Waals surface area contributed by atoms with E-state index in [0.29, 0.717) is 5.69 Å². The summed E-state index contributed by atoms with van der Waals surface area (Å²) in [6.45, 7) is 6.53. The van der Waals surface area contributed by atoms with E-state index in [1.54, 1.807) is 6.33 Å². The number of fused-ring (bicyclic) bond motifs is 1. The SMILES string of the molecule is Nc1c(NCCCN2CCOCC2)ncnc1N1CCc2ccccc21. The van der Waals surface area contributed by atoms with E-state index in [1.807, 2.05) is 0 Å². The monoisotopic (exact) mass is 354 g/mol. The summed E-state index contributed by atoms with van der Waals surface area (Å²) in [5.41, 5.74) is 9.54. The molecule has 2 aliphatic heterocycles. The predicted molar refractivity (Wildman–Crippen MR) is 104 cm³/mol. The fraction of sp³-hybridized carbons (Fsp3) is 0.474. The Morgan fingerprint density at radius 3 is 2.85 bits per heavy atom. The Balaban J connectivity index is 1.38. The maximum Gasteiger partial charge on any atom is 0.161 e. The lowest BCUT2D eigenvalue weighted by atomic mass is 10.2. The van der Waals surface area contributed by atoms with E-state index in [-0.39, 0.29) is 0 Å². The molecule has 0 saturated carbocycles. The molecule has 0 atom stereocenters. The second-order valence-corrected chi connectivity index (χ2v) is 6.72. The highest BCUT2D eigenvalue weighted by Gasteiger charge is 2.23. The minimum Gasteiger partial charge on any atom is -0.393 e. The zero-order chi connectivity index (χ0) is 17.8. The van der Waals surface area contributed by atoms with Gasteiger partial charge in [0.05, 0.1) is 13.2 Å². The van der Waals surface area contributed by atoms with Crippen LogP contribution in [0.25, 0.3) is 0 Å². The smallest absolute Gasteiger partial charge is 0.161 e. The quantitative estimate of drug-likeness (QED) is 0.767. The van der Waals surface area contributed by atoms with Gasteiger partial charge in [-0.2, -0.15) is 0 Å². The van der Waals surface area contributed by atoms with Gasteiger partial charge >= 0.3 is 0 Å². The third kappa shape index (κ3) is 3.59. The normalized spacial score (nSPS) is 17.3. The Hall–Kier alpha value is -2.38. The van der Waals surface area contributed by atoms with Gasteiger partial charge in [-0.15, -0.1) is 0 Å². The number of morpholine rings is 1. The molecular formula is C19H26N6O. The lowest BCUT2D eigenvalue weighted by Crippen LogP contribution is -2.37. The van der Waals surface area contributed by atoms with Crippen LogP contribution in [0.3, 0.4) is 0 Å². The van der Waals surface area contributed by atoms with Gasteiger partial charge in [-0.05, 0) is 31.0 Å². The number of aromatic nitrogens is 2. The highest BCUT2D eigenvalue weighted by Crippen LogP contribution is 2.37. The molecule has 7 heteroatoms. The van der Waals surface area contributed by atoms with Gasteiger partial charge < -0.3 is 20.7 Å². The molecule has 0 bridgehead atoms. The second kappa shape index (κ2) is 7.88. The van der Waals surface area contributed by atoms with Crippen molar-refractivity contribution >= 4 is 23.0 Å². The molecule has 0 aliphatic carbocycles. The number of hydrogen-bond acceptors (Lipinski definition) is 7. The van der Waals surface area contributed by atoms with Gasteiger partial charge in [0.15, 0.2) is 11.6 Å². The molecule has 138 valence electrons. The molecule has 26 heavy (non-hydrogen) atoms. The van der Waals surface area contributed by atoms with Crippen molar-refractivity contribution < 1.29 is 4.74 Å². The third-order valence-corrected chi connectivity index (χ3v) is 5.05. The zero-order valence-electron chi connectivity index (χ0n) is 15.0. The van der Waals surface area contributed by atoms with Gasteiger partial charge in [-0.1, -0.05) is 18.2 Å². The van der Waals surface area contributed by atoms with Gasteiger partial charge in [0, 0.05) is 31.9 Å². The summed E-state index contributed by atoms with van der Waals surface area (Å²) >= 11 is 0. The van der Waals surface area contributed by atoms with Crippen molar-refractivity contribution in [3.8, 4) is 0 Å². The first-order valence-electron chi connectivity index (χ1n) is 9.33. The average Bonchev–Trinajstić information content (AvgIpc) is 3.11. The van der Waals surface area contributed by atoms with Gasteiger partial charge in [0.1, 0.15) is 12.0 Å². The molecule has 4 rings (SSSR count). The summed E-state index contributed by atoms with van der Waals surface area (Å²) in [6.07, 6.45) is 3.66. The highest BCUT2D eigenvalue weighted by atomic mass is 16.5. The van der Waals surface area contributed by atoms with Crippen molar-refractivity contribution in [2.24, 2.45) is 0 Å². The molecule has 2 aliphatic rings. The summed E-state index contributed by atoms with van der Waals surface area (Å²) in [6, 6.07) is 8.42. The van der Waals surface area contributed by atoms with Crippen LogP contribution in [0.4, 0.5) is 23.0 Å². The van der Waals surface area contributed by atoms with E-state index in [4.69, 9.17) is 10.5 Å². The minimum absolute atomic E-state index is 0.621. The first kappa shape index (κ1) is 17.1. The Morgan fingerprint density at radius 1 is 1.12 bits per heavy atom. The van der Waals surface area contributed by atoms with Crippen LogP contribution in [0.2, 0.25) is 0 Å². The fourth-order valence-corrected chi connectivity index (χ4v) is 3.63. The Kier molecular flexibility index (Phi) is 5.17. The van der Waals surface area contributed by atoms with Crippen LogP contribution in [-0.2, 0) is 11.2 Å². The third-order valence-electron chi connectivity index (χ3n) is 5.05. The van der Waals surface area contributed by atoms with Gasteiger partial charge in [0.2, 0.25) is 0 Å². The largest absolute Gasteiger partial charge is 0.393 e. The average molecular weight is 354 g/mol. The number of nitrogen functional groups attached to an aromatic ring is 1. The maximum absolute atomic E-state index is 6.39. The summed E-state index contributed by atoms with van der Waals surface area (Å²) < 4.78 is 5.38. The van der Waals surface area contributed by atoms with Gasteiger partial charge in [-0.3, -0.25) is 4.90 Å². The number of rotatable bonds is 6. The molecule has 1 aromatic heterocycles. The van der Waals surface area contributed by atoms with Crippen molar-refractivity contribution in [3.05, 3.63) is 36.2 Å². The summed E-state index contributed by atoms with van der Waals surface area (Å²) in [5, 5.41) is 3.38. The predicted octanol–water partition coefficient (Wildman–Crippen LogP) is 1.89. The molecule has 1 aromatic carbocycles. The lowest BCUT2D eigenvalue weighted by molar-refractivity contribution is 0.0378. The van der Waals surface area contributed by atoms with E-state index in [1.165, 1.54) is 11.3 Å². The first-order chi connectivity index (χ1) is 12.8. The van der Waals surface area contributed by atoms with Crippen molar-refractivity contribution in [1.29, 1.82) is 0 Å². The molecule has 0 amide bonds. The zero-order valence-corrected chi connectivity index (χ0v) is 15.0. The van der Waals surface area contributed by atoms with Crippen molar-refractivity contribution in [2.75, 3.05) is 61.9 Å². The Bertz CT molecular complexity index is 747. The van der Waals surface area contributed by atoms with E-state index >= 15 is 0 Å². The number of hydrogen-bond donors (Lipinski definition) is 2. The number of benzene rings is 1. The number of nitrogens with one attached hydrogen (secondary N) is 1. The molecule has 2 aromatic rings. The van der Waals surface area contributed by atoms with E-state index in [0.717, 1.165) is 70.4 Å². The van der Waals surface area contributed by atoms with E-state index < -0.39 is 0 Å². The Morgan fingerprint density at radius 2 is 1.96 bits per heavy atom. The molecule has 3 N–H and O–H groups in total. The summed E-state index contributed by atoms with van der Waals surface area (Å²) in [4.78, 5) is 13.4. The molecule has 3 heterocycles. The van der Waals surface area contributed by atoms with Gasteiger partial charge in [0.25, 0.3) is 0 Å². The number of nitrogens with two attached hydrogens (primary N) is 1. The molecule has 0 spiro atoms. The van der Waals surface area contributed by atoms with Crippen LogP contribution in [0, 0.1) is 0 Å². The van der Waals surface area contributed by atoms with E-state index in [2.05, 4.69) is 49.4 Å². The van der Waals surface area contributed by atoms with Crippen LogP contribution < -0.4 is 16.0 Å². The molecular weight excluding hydrogens is 328 g/mol. The van der Waals surface area contributed by atoms with Crippen molar-refractivity contribution in [2.45, 2.75) is 12.8 Å². The summed E-state index contributed by atoms with van der Waals surface area (Å²) in [5.74, 6) is 1.52. The number of ether oxygens (including phenoxy) is 1. The minimum atomic E-state index is 0.621. The number of para-hydroxylation sites is 1. The number of nitrogens with zero attached hydrogens (tertiary/aromatic N) is 4. The van der Waals surface area contributed by atoms with Crippen LogP contribution in [0.15, 0.2) is 30.6 Å². The summed E-state index contributed by atoms with van der Waals surface area (Å²) in [7, 11) is 0. The Labute approximate surface area is 154 Å². The number of anilines is 4. The van der Waals surface area contributed by atoms with E-state index in [9.17, 15) is 0 Å².